The third kappa shape index (κ3) is 3.04. The summed E-state index contributed by atoms with van der Waals surface area (Å²) in [4.78, 5) is 12.0. The highest BCUT2D eigenvalue weighted by Crippen LogP contribution is 2.10. The second kappa shape index (κ2) is 6.21. The highest BCUT2D eigenvalue weighted by Gasteiger charge is 2.16. The van der Waals surface area contributed by atoms with E-state index in [9.17, 15) is 4.79 Å². The van der Waals surface area contributed by atoms with Crippen LogP contribution < -0.4 is 0 Å². The first kappa shape index (κ1) is 13.4. The van der Waals surface area contributed by atoms with E-state index in [1.54, 1.807) is 0 Å². The molecule has 2 aromatic heterocycles. The molecule has 0 spiro atoms. The van der Waals surface area contributed by atoms with Crippen molar-refractivity contribution in [1.82, 2.24) is 30.0 Å². The van der Waals surface area contributed by atoms with Crippen molar-refractivity contribution in [3.63, 3.8) is 0 Å². The molecule has 7 nitrogen and oxygen atoms in total. The van der Waals surface area contributed by atoms with E-state index in [1.165, 1.54) is 36.3 Å². The molecule has 0 atom stereocenters. The lowest BCUT2D eigenvalue weighted by molar-refractivity contribution is 0.236. The van der Waals surface area contributed by atoms with Gasteiger partial charge in [0.15, 0.2) is 0 Å². The lowest BCUT2D eigenvalue weighted by Crippen LogP contribution is -2.22. The van der Waals surface area contributed by atoms with Gasteiger partial charge in [-0.2, -0.15) is 9.36 Å². The predicted octanol–water partition coefficient (Wildman–Crippen LogP) is 1.82. The smallest absolute Gasteiger partial charge is 0.243 e. The Labute approximate surface area is 111 Å². The predicted molar refractivity (Wildman–Crippen MR) is 68.8 cm³/mol. The Morgan fingerprint density at radius 2 is 2.11 bits per heavy atom. The van der Waals surface area contributed by atoms with Gasteiger partial charge < -0.3 is 0 Å². The first-order chi connectivity index (χ1) is 9.24. The van der Waals surface area contributed by atoms with Crippen molar-refractivity contribution in [1.29, 1.82) is 0 Å². The van der Waals surface area contributed by atoms with Crippen LogP contribution in [0.25, 0.3) is 0 Å². The molecule has 2 aromatic rings. The van der Waals surface area contributed by atoms with E-state index in [4.69, 9.17) is 0 Å². The van der Waals surface area contributed by atoms with E-state index in [0.29, 0.717) is 0 Å². The fraction of sp³-hybridized carbons (Fsp3) is 0.583. The lowest BCUT2D eigenvalue weighted by atomic mass is 10.1. The van der Waals surface area contributed by atoms with Crippen LogP contribution in [0.3, 0.4) is 0 Å². The van der Waals surface area contributed by atoms with Gasteiger partial charge in [0.1, 0.15) is 0 Å². The van der Waals surface area contributed by atoms with E-state index in [0.717, 1.165) is 28.9 Å². The van der Waals surface area contributed by atoms with E-state index < -0.39 is 0 Å². The van der Waals surface area contributed by atoms with Gasteiger partial charge in [-0.1, -0.05) is 36.6 Å². The zero-order valence-electron chi connectivity index (χ0n) is 11.3. The first-order valence-electron chi connectivity index (χ1n) is 6.56. The summed E-state index contributed by atoms with van der Waals surface area (Å²) in [5, 5.41) is 15.2. The van der Waals surface area contributed by atoms with Gasteiger partial charge in [-0.25, -0.2) is 4.79 Å². The summed E-state index contributed by atoms with van der Waals surface area (Å²) in [6.45, 7) is 4.03. The van der Waals surface area contributed by atoms with E-state index in [2.05, 4.69) is 27.5 Å². The standard InChI is InChI=1S/C12H18N6O/c1-3-4-5-6-7-11-10(2)18(16-14-11)12(19)17-9-8-13-15-17/h8-9H,3-7H2,1-2H3. The molecular formula is C12H18N6O. The number of unbranched alkanes of at least 4 members (excludes halogenated alkanes) is 3. The number of nitrogens with zero attached hydrogens (tertiary/aromatic N) is 6. The number of hydrogen-bond donors (Lipinski definition) is 0. The first-order valence-corrected chi connectivity index (χ1v) is 6.56. The highest BCUT2D eigenvalue weighted by molar-refractivity contribution is 5.77. The molecule has 0 fully saturated rings. The minimum absolute atomic E-state index is 0.359. The molecule has 102 valence electrons. The molecule has 0 saturated heterocycles. The number of carbonyl (C=O) groups is 1. The topological polar surface area (TPSA) is 78.5 Å². The normalized spacial score (nSPS) is 10.8. The summed E-state index contributed by atoms with van der Waals surface area (Å²) in [7, 11) is 0. The third-order valence-corrected chi connectivity index (χ3v) is 3.06. The van der Waals surface area contributed by atoms with Crippen LogP contribution in [0.2, 0.25) is 0 Å². The van der Waals surface area contributed by atoms with Crippen LogP contribution in [0.5, 0.6) is 0 Å². The Morgan fingerprint density at radius 3 is 2.79 bits per heavy atom. The quantitative estimate of drug-likeness (QED) is 0.768. The van der Waals surface area contributed by atoms with Crippen molar-refractivity contribution in [3.05, 3.63) is 23.8 Å². The molecule has 2 rings (SSSR count). The van der Waals surface area contributed by atoms with Crippen LogP contribution in [0.1, 0.15) is 44.0 Å². The summed E-state index contributed by atoms with van der Waals surface area (Å²) in [6.07, 6.45) is 8.49. The summed E-state index contributed by atoms with van der Waals surface area (Å²) < 4.78 is 2.41. The molecule has 0 bridgehead atoms. The maximum atomic E-state index is 12.0. The lowest BCUT2D eigenvalue weighted by Gasteiger charge is -2.01. The van der Waals surface area contributed by atoms with Gasteiger partial charge in [0.05, 0.1) is 23.8 Å². The average Bonchev–Trinajstić information content (AvgIpc) is 3.04. The number of aromatic nitrogens is 6. The fourth-order valence-electron chi connectivity index (χ4n) is 1.90. The Balaban J connectivity index is 2.04. The molecule has 0 unspecified atom stereocenters. The molecule has 7 heteroatoms. The zero-order chi connectivity index (χ0) is 13.7. The van der Waals surface area contributed by atoms with E-state index >= 15 is 0 Å². The van der Waals surface area contributed by atoms with Gasteiger partial charge in [0, 0.05) is 0 Å². The molecule has 0 aliphatic heterocycles. The van der Waals surface area contributed by atoms with Crippen LogP contribution in [0, 0.1) is 6.92 Å². The molecule has 0 saturated carbocycles. The van der Waals surface area contributed by atoms with E-state index in [1.807, 2.05) is 6.92 Å². The fourth-order valence-corrected chi connectivity index (χ4v) is 1.90. The number of aryl methyl sites for hydroxylation is 1. The molecule has 2 heterocycles. The molecule has 0 N–H and O–H groups in total. The summed E-state index contributed by atoms with van der Waals surface area (Å²) in [6, 6.07) is -0.359. The van der Waals surface area contributed by atoms with Crippen LogP contribution in [0.15, 0.2) is 12.4 Å². The van der Waals surface area contributed by atoms with Crippen LogP contribution in [-0.2, 0) is 6.42 Å². The zero-order valence-corrected chi connectivity index (χ0v) is 11.3. The molecular weight excluding hydrogens is 244 g/mol. The van der Waals surface area contributed by atoms with Gasteiger partial charge in [-0.15, -0.1) is 10.2 Å². The number of hydrogen-bond acceptors (Lipinski definition) is 5. The maximum Gasteiger partial charge on any atom is 0.372 e. The van der Waals surface area contributed by atoms with Gasteiger partial charge in [-0.05, 0) is 19.8 Å². The molecule has 0 radical (unpaired) electrons. The van der Waals surface area contributed by atoms with Gasteiger partial charge in [-0.3, -0.25) is 0 Å². The van der Waals surface area contributed by atoms with Crippen molar-refractivity contribution in [2.24, 2.45) is 0 Å². The minimum Gasteiger partial charge on any atom is -0.243 e. The summed E-state index contributed by atoms with van der Waals surface area (Å²) in [5.74, 6) is 0. The van der Waals surface area contributed by atoms with Gasteiger partial charge in [0.25, 0.3) is 0 Å². The molecule has 0 aromatic carbocycles. The largest absolute Gasteiger partial charge is 0.372 e. The van der Waals surface area contributed by atoms with Crippen LogP contribution in [0.4, 0.5) is 4.79 Å². The molecule has 0 aliphatic carbocycles. The van der Waals surface area contributed by atoms with Crippen molar-refractivity contribution in [2.75, 3.05) is 0 Å². The monoisotopic (exact) mass is 262 g/mol. The Kier molecular flexibility index (Phi) is 4.38. The highest BCUT2D eigenvalue weighted by atomic mass is 16.2. The van der Waals surface area contributed by atoms with Gasteiger partial charge >= 0.3 is 6.03 Å². The molecule has 0 aliphatic rings. The number of carbonyl (C=O) groups excluding carboxylic acids is 1. The number of rotatable bonds is 5. The van der Waals surface area contributed by atoms with Crippen LogP contribution in [-0.4, -0.2) is 36.0 Å². The van der Waals surface area contributed by atoms with Crippen molar-refractivity contribution in [2.45, 2.75) is 46.0 Å². The molecule has 19 heavy (non-hydrogen) atoms. The van der Waals surface area contributed by atoms with Crippen molar-refractivity contribution in [3.8, 4) is 0 Å². The Morgan fingerprint density at radius 1 is 1.26 bits per heavy atom. The minimum atomic E-state index is -0.359. The summed E-state index contributed by atoms with van der Waals surface area (Å²) >= 11 is 0. The summed E-state index contributed by atoms with van der Waals surface area (Å²) in [5.41, 5.74) is 1.65. The average molecular weight is 262 g/mol. The Bertz CT molecular complexity index is 530. The molecule has 0 amide bonds. The van der Waals surface area contributed by atoms with Gasteiger partial charge in [0.2, 0.25) is 0 Å². The SMILES string of the molecule is CCCCCCc1nnn(C(=O)n2ccnn2)c1C. The maximum absolute atomic E-state index is 12.0. The van der Waals surface area contributed by atoms with Crippen molar-refractivity contribution >= 4 is 6.03 Å². The van der Waals surface area contributed by atoms with Crippen molar-refractivity contribution < 1.29 is 4.79 Å². The van der Waals surface area contributed by atoms with Crippen LogP contribution >= 0.6 is 0 Å². The second-order valence-corrected chi connectivity index (χ2v) is 4.47. The third-order valence-electron chi connectivity index (χ3n) is 3.06. The second-order valence-electron chi connectivity index (χ2n) is 4.47. The Hall–Kier alpha value is -2.05. The van der Waals surface area contributed by atoms with E-state index in [-0.39, 0.29) is 6.03 Å².